The van der Waals surface area contributed by atoms with Crippen LogP contribution < -0.4 is 24.8 Å². The van der Waals surface area contributed by atoms with Gasteiger partial charge < -0.3 is 24.8 Å². The highest BCUT2D eigenvalue weighted by atomic mass is 35.5. The van der Waals surface area contributed by atoms with E-state index in [0.29, 0.717) is 54.4 Å². The standard InChI is InChI=1S/C25H28ClN3O4/c1-3-31-22-15-19(16-27-12-13-32-24-6-4-5-11-28-24)14-21(26)25(22)33-17-23(30)29-20-9-7-18(2)8-10-20/h4-11,14-15,27H,3,12-13,16-17H2,1-2H3,(H,29,30). The highest BCUT2D eigenvalue weighted by Crippen LogP contribution is 2.36. The lowest BCUT2D eigenvalue weighted by Gasteiger charge is -2.15. The molecule has 0 bridgehead atoms. The highest BCUT2D eigenvalue weighted by molar-refractivity contribution is 6.32. The van der Waals surface area contributed by atoms with E-state index in [1.54, 1.807) is 12.3 Å². The molecule has 3 aromatic rings. The fourth-order valence-electron chi connectivity index (χ4n) is 2.99. The van der Waals surface area contributed by atoms with Crippen molar-refractivity contribution in [3.05, 3.63) is 76.9 Å². The number of nitrogens with one attached hydrogen (secondary N) is 2. The molecule has 33 heavy (non-hydrogen) atoms. The van der Waals surface area contributed by atoms with E-state index in [-0.39, 0.29) is 12.5 Å². The van der Waals surface area contributed by atoms with Crippen LogP contribution in [-0.2, 0) is 11.3 Å². The van der Waals surface area contributed by atoms with Crippen LogP contribution in [0.15, 0.2) is 60.8 Å². The van der Waals surface area contributed by atoms with Gasteiger partial charge >= 0.3 is 0 Å². The van der Waals surface area contributed by atoms with Crippen molar-refractivity contribution in [3.8, 4) is 17.4 Å². The quantitative estimate of drug-likeness (QED) is 0.376. The molecule has 0 fully saturated rings. The minimum absolute atomic E-state index is 0.184. The van der Waals surface area contributed by atoms with Crippen LogP contribution in [0.5, 0.6) is 17.4 Å². The summed E-state index contributed by atoms with van der Waals surface area (Å²) in [4.78, 5) is 16.4. The summed E-state index contributed by atoms with van der Waals surface area (Å²) in [6.07, 6.45) is 1.69. The molecular weight excluding hydrogens is 442 g/mol. The summed E-state index contributed by atoms with van der Waals surface area (Å²) in [5.74, 6) is 1.15. The number of hydrogen-bond acceptors (Lipinski definition) is 6. The number of pyridine rings is 1. The zero-order chi connectivity index (χ0) is 23.5. The lowest BCUT2D eigenvalue weighted by Crippen LogP contribution is -2.21. The van der Waals surface area contributed by atoms with Gasteiger partial charge in [0.05, 0.1) is 11.6 Å². The first-order valence-electron chi connectivity index (χ1n) is 10.7. The van der Waals surface area contributed by atoms with Gasteiger partial charge in [-0.3, -0.25) is 4.79 Å². The number of anilines is 1. The number of halogens is 1. The van der Waals surface area contributed by atoms with Gasteiger partial charge in [-0.1, -0.05) is 35.4 Å². The molecule has 0 atom stereocenters. The minimum Gasteiger partial charge on any atom is -0.490 e. The molecule has 7 nitrogen and oxygen atoms in total. The second-order valence-corrected chi connectivity index (χ2v) is 7.64. The molecule has 1 amide bonds. The number of carbonyl (C=O) groups is 1. The van der Waals surface area contributed by atoms with Gasteiger partial charge in [0.15, 0.2) is 18.1 Å². The van der Waals surface area contributed by atoms with Crippen LogP contribution in [-0.4, -0.2) is 37.3 Å². The summed E-state index contributed by atoms with van der Waals surface area (Å²) in [5, 5.41) is 6.48. The van der Waals surface area contributed by atoms with E-state index in [1.807, 2.05) is 62.4 Å². The molecule has 0 saturated heterocycles. The Hall–Kier alpha value is -3.29. The van der Waals surface area contributed by atoms with Crippen LogP contribution in [0.25, 0.3) is 0 Å². The van der Waals surface area contributed by atoms with E-state index in [0.717, 1.165) is 11.1 Å². The van der Waals surface area contributed by atoms with E-state index in [9.17, 15) is 4.79 Å². The third-order valence-electron chi connectivity index (χ3n) is 4.55. The zero-order valence-electron chi connectivity index (χ0n) is 18.8. The number of nitrogens with zero attached hydrogens (tertiary/aromatic N) is 1. The van der Waals surface area contributed by atoms with Gasteiger partial charge in [0.2, 0.25) is 5.88 Å². The Kier molecular flexibility index (Phi) is 9.35. The number of aryl methyl sites for hydroxylation is 1. The number of benzene rings is 2. The fraction of sp³-hybridized carbons (Fsp3) is 0.280. The molecule has 0 unspecified atom stereocenters. The van der Waals surface area contributed by atoms with E-state index < -0.39 is 0 Å². The maximum Gasteiger partial charge on any atom is 0.262 e. The molecule has 8 heteroatoms. The third-order valence-corrected chi connectivity index (χ3v) is 4.83. The molecule has 174 valence electrons. The monoisotopic (exact) mass is 469 g/mol. The van der Waals surface area contributed by atoms with Gasteiger partial charge in [-0.2, -0.15) is 0 Å². The van der Waals surface area contributed by atoms with Crippen LogP contribution in [0, 0.1) is 6.92 Å². The first-order chi connectivity index (χ1) is 16.0. The van der Waals surface area contributed by atoms with E-state index in [4.69, 9.17) is 25.8 Å². The Morgan fingerprint density at radius 1 is 1.06 bits per heavy atom. The number of rotatable bonds is 12. The van der Waals surface area contributed by atoms with Crippen molar-refractivity contribution in [2.45, 2.75) is 20.4 Å². The predicted molar refractivity (Wildman–Crippen MR) is 129 cm³/mol. The number of aromatic nitrogens is 1. The lowest BCUT2D eigenvalue weighted by molar-refractivity contribution is -0.118. The molecule has 1 heterocycles. The maximum absolute atomic E-state index is 12.3. The SMILES string of the molecule is CCOc1cc(CNCCOc2ccccn2)cc(Cl)c1OCC(=O)Nc1ccc(C)cc1. The van der Waals surface area contributed by atoms with Crippen molar-refractivity contribution in [1.82, 2.24) is 10.3 Å². The van der Waals surface area contributed by atoms with Crippen LogP contribution >= 0.6 is 11.6 Å². The van der Waals surface area contributed by atoms with Gasteiger partial charge in [-0.05, 0) is 49.7 Å². The molecule has 2 N–H and O–H groups in total. The van der Waals surface area contributed by atoms with E-state index in [1.165, 1.54) is 0 Å². The third kappa shape index (κ3) is 7.97. The smallest absolute Gasteiger partial charge is 0.262 e. The first-order valence-corrected chi connectivity index (χ1v) is 11.1. The number of hydrogen-bond donors (Lipinski definition) is 2. The lowest BCUT2D eigenvalue weighted by atomic mass is 10.2. The summed E-state index contributed by atoms with van der Waals surface area (Å²) < 4.78 is 17.0. The Morgan fingerprint density at radius 3 is 2.61 bits per heavy atom. The Balaban J connectivity index is 1.52. The van der Waals surface area contributed by atoms with Gasteiger partial charge in [-0.15, -0.1) is 0 Å². The van der Waals surface area contributed by atoms with Crippen molar-refractivity contribution in [2.24, 2.45) is 0 Å². The van der Waals surface area contributed by atoms with Gasteiger partial charge in [-0.25, -0.2) is 4.98 Å². The molecule has 0 aliphatic heterocycles. The topological polar surface area (TPSA) is 81.7 Å². The van der Waals surface area contributed by atoms with E-state index in [2.05, 4.69) is 15.6 Å². The second kappa shape index (κ2) is 12.7. The molecule has 0 aliphatic rings. The van der Waals surface area contributed by atoms with Crippen LogP contribution in [0.3, 0.4) is 0 Å². The fourth-order valence-corrected chi connectivity index (χ4v) is 3.28. The molecule has 0 saturated carbocycles. The van der Waals surface area contributed by atoms with Gasteiger partial charge in [0.1, 0.15) is 6.61 Å². The summed E-state index contributed by atoms with van der Waals surface area (Å²) in [6.45, 7) is 5.81. The summed E-state index contributed by atoms with van der Waals surface area (Å²) in [5.41, 5.74) is 2.75. The predicted octanol–water partition coefficient (Wildman–Crippen LogP) is 4.63. The summed E-state index contributed by atoms with van der Waals surface area (Å²) in [7, 11) is 0. The number of ether oxygens (including phenoxy) is 3. The molecule has 3 rings (SSSR count). The molecular formula is C25H28ClN3O4. The Morgan fingerprint density at radius 2 is 1.88 bits per heavy atom. The average Bonchev–Trinajstić information content (AvgIpc) is 2.81. The van der Waals surface area contributed by atoms with Crippen molar-refractivity contribution in [3.63, 3.8) is 0 Å². The Bertz CT molecular complexity index is 1030. The summed E-state index contributed by atoms with van der Waals surface area (Å²) in [6, 6.07) is 16.7. The summed E-state index contributed by atoms with van der Waals surface area (Å²) >= 11 is 6.45. The number of amides is 1. The van der Waals surface area contributed by atoms with Crippen LogP contribution in [0.4, 0.5) is 5.69 Å². The second-order valence-electron chi connectivity index (χ2n) is 7.23. The molecule has 0 radical (unpaired) electrons. The molecule has 0 aliphatic carbocycles. The highest BCUT2D eigenvalue weighted by Gasteiger charge is 2.14. The van der Waals surface area contributed by atoms with Gasteiger partial charge in [0, 0.05) is 31.0 Å². The van der Waals surface area contributed by atoms with Gasteiger partial charge in [0.25, 0.3) is 5.91 Å². The van der Waals surface area contributed by atoms with Crippen LogP contribution in [0.2, 0.25) is 5.02 Å². The normalized spacial score (nSPS) is 10.5. The van der Waals surface area contributed by atoms with Crippen molar-refractivity contribution in [1.29, 1.82) is 0 Å². The zero-order valence-corrected chi connectivity index (χ0v) is 19.5. The van der Waals surface area contributed by atoms with Crippen LogP contribution in [0.1, 0.15) is 18.1 Å². The van der Waals surface area contributed by atoms with Crippen molar-refractivity contribution >= 4 is 23.2 Å². The largest absolute Gasteiger partial charge is 0.490 e. The average molecular weight is 470 g/mol. The number of carbonyl (C=O) groups excluding carboxylic acids is 1. The minimum atomic E-state index is -0.281. The molecule has 0 spiro atoms. The van der Waals surface area contributed by atoms with Crippen molar-refractivity contribution in [2.75, 3.05) is 31.7 Å². The maximum atomic E-state index is 12.3. The molecule has 2 aromatic carbocycles. The van der Waals surface area contributed by atoms with Crippen molar-refractivity contribution < 1.29 is 19.0 Å². The first kappa shape index (κ1) is 24.4. The Labute approximate surface area is 199 Å². The molecule has 1 aromatic heterocycles. The van der Waals surface area contributed by atoms with E-state index >= 15 is 0 Å².